The lowest BCUT2D eigenvalue weighted by Gasteiger charge is -2.24. The molecular formula is C17H24F3N3O2. The zero-order chi connectivity index (χ0) is 17.9. The molecule has 1 atom stereocenters. The Bertz CT molecular complexity index is 594. The number of nitrogens with one attached hydrogen (secondary N) is 1. The minimum atomic E-state index is -4.30. The minimum Gasteiger partial charge on any atom is -0.368 e. The summed E-state index contributed by atoms with van der Waals surface area (Å²) in [6.45, 7) is -1.11. The number of carbonyl (C=O) groups is 1. The van der Waals surface area contributed by atoms with E-state index >= 15 is 0 Å². The Morgan fingerprint density at radius 3 is 2.72 bits per heavy atom. The van der Waals surface area contributed by atoms with E-state index < -0.39 is 12.7 Å². The number of aromatic nitrogens is 2. The number of amides is 1. The maximum Gasteiger partial charge on any atom is 0.408 e. The third-order valence-corrected chi connectivity index (χ3v) is 4.82. The molecule has 0 spiro atoms. The van der Waals surface area contributed by atoms with E-state index in [2.05, 4.69) is 10.4 Å². The van der Waals surface area contributed by atoms with Gasteiger partial charge in [0.2, 0.25) is 5.91 Å². The zero-order valence-corrected chi connectivity index (χ0v) is 14.1. The van der Waals surface area contributed by atoms with Gasteiger partial charge >= 0.3 is 6.18 Å². The lowest BCUT2D eigenvalue weighted by molar-refractivity contribution is -0.142. The minimum absolute atomic E-state index is 0.000238. The summed E-state index contributed by atoms with van der Waals surface area (Å²) in [5, 5.41) is 6.93. The summed E-state index contributed by atoms with van der Waals surface area (Å²) < 4.78 is 44.2. The monoisotopic (exact) mass is 359 g/mol. The van der Waals surface area contributed by atoms with Crippen LogP contribution in [0.25, 0.3) is 0 Å². The second kappa shape index (κ2) is 7.76. The number of hydrogen-bond donors (Lipinski definition) is 1. The first-order valence-corrected chi connectivity index (χ1v) is 8.94. The van der Waals surface area contributed by atoms with Crippen LogP contribution < -0.4 is 5.32 Å². The van der Waals surface area contributed by atoms with Crippen molar-refractivity contribution in [2.24, 2.45) is 0 Å². The largest absolute Gasteiger partial charge is 0.408 e. The average Bonchev–Trinajstić information content (AvgIpc) is 2.95. The predicted molar refractivity (Wildman–Crippen MR) is 84.9 cm³/mol. The summed E-state index contributed by atoms with van der Waals surface area (Å²) in [5.74, 6) is -0.228. The summed E-state index contributed by atoms with van der Waals surface area (Å²) in [6, 6.07) is -0.333. The summed E-state index contributed by atoms with van der Waals surface area (Å²) in [5.41, 5.74) is 1.34. The van der Waals surface area contributed by atoms with Crippen molar-refractivity contribution < 1.29 is 22.7 Å². The predicted octanol–water partition coefficient (Wildman–Crippen LogP) is 3.29. The normalized spacial score (nSPS) is 21.8. The summed E-state index contributed by atoms with van der Waals surface area (Å²) >= 11 is 0. The second-order valence-electron chi connectivity index (χ2n) is 6.94. The zero-order valence-electron chi connectivity index (χ0n) is 14.1. The van der Waals surface area contributed by atoms with E-state index in [-0.39, 0.29) is 24.7 Å². The Morgan fingerprint density at radius 2 is 2.00 bits per heavy atom. The van der Waals surface area contributed by atoms with Gasteiger partial charge < -0.3 is 10.1 Å². The van der Waals surface area contributed by atoms with Crippen LogP contribution in [0, 0.1) is 0 Å². The van der Waals surface area contributed by atoms with Gasteiger partial charge in [-0.1, -0.05) is 19.3 Å². The van der Waals surface area contributed by atoms with Crippen LogP contribution in [0.2, 0.25) is 0 Å². The number of rotatable bonds is 5. The van der Waals surface area contributed by atoms with Crippen LogP contribution in [0.15, 0.2) is 6.20 Å². The molecule has 3 rings (SSSR count). The summed E-state index contributed by atoms with van der Waals surface area (Å²) in [7, 11) is 0. The molecule has 1 aromatic heterocycles. The first-order valence-electron chi connectivity index (χ1n) is 8.94. The maximum absolute atomic E-state index is 12.5. The first-order chi connectivity index (χ1) is 11.9. The van der Waals surface area contributed by atoms with Gasteiger partial charge in [-0.15, -0.1) is 0 Å². The van der Waals surface area contributed by atoms with Crippen LogP contribution in [0.5, 0.6) is 0 Å². The van der Waals surface area contributed by atoms with Gasteiger partial charge in [0.05, 0.1) is 17.8 Å². The summed E-state index contributed by atoms with van der Waals surface area (Å²) in [4.78, 5) is 12.1. The highest BCUT2D eigenvalue weighted by molar-refractivity contribution is 5.77. The van der Waals surface area contributed by atoms with E-state index in [0.717, 1.165) is 42.3 Å². The second-order valence-corrected chi connectivity index (χ2v) is 6.94. The molecule has 0 bridgehead atoms. The topological polar surface area (TPSA) is 56.1 Å². The highest BCUT2D eigenvalue weighted by atomic mass is 19.4. The lowest BCUT2D eigenvalue weighted by Crippen LogP contribution is -2.35. The molecular weight excluding hydrogens is 335 g/mol. The molecule has 0 saturated heterocycles. The van der Waals surface area contributed by atoms with E-state index in [9.17, 15) is 18.0 Å². The van der Waals surface area contributed by atoms with Gasteiger partial charge in [0.1, 0.15) is 13.2 Å². The van der Waals surface area contributed by atoms with Crippen molar-refractivity contribution in [2.45, 2.75) is 76.2 Å². The van der Waals surface area contributed by atoms with Gasteiger partial charge in [-0.05, 0) is 37.7 Å². The van der Waals surface area contributed by atoms with Crippen molar-refractivity contribution in [2.75, 3.05) is 6.61 Å². The maximum atomic E-state index is 12.5. The van der Waals surface area contributed by atoms with Crippen molar-refractivity contribution in [1.29, 1.82) is 0 Å². The number of halogens is 3. The Labute approximate surface area is 144 Å². The molecule has 0 aromatic carbocycles. The van der Waals surface area contributed by atoms with E-state index in [0.29, 0.717) is 18.5 Å². The molecule has 1 N–H and O–H groups in total. The molecule has 0 unspecified atom stereocenters. The fraction of sp³-hybridized carbons (Fsp3) is 0.765. The SMILES string of the molecule is O=C(COC1CCCCC1)N[C@H]1CCCc2cn(CC(F)(F)F)nc21. The van der Waals surface area contributed by atoms with Crippen LogP contribution in [0.1, 0.15) is 62.2 Å². The molecule has 2 aliphatic carbocycles. The molecule has 5 nitrogen and oxygen atoms in total. The summed E-state index contributed by atoms with van der Waals surface area (Å²) in [6.07, 6.45) is 4.95. The molecule has 1 amide bonds. The van der Waals surface area contributed by atoms with Crippen molar-refractivity contribution in [3.05, 3.63) is 17.5 Å². The number of carbonyl (C=O) groups excluding carboxylic acids is 1. The molecule has 1 saturated carbocycles. The van der Waals surface area contributed by atoms with Gasteiger partial charge in [0, 0.05) is 6.20 Å². The number of fused-ring (bicyclic) bond motifs is 1. The van der Waals surface area contributed by atoms with E-state index in [1.54, 1.807) is 0 Å². The average molecular weight is 359 g/mol. The Balaban J connectivity index is 1.55. The highest BCUT2D eigenvalue weighted by Crippen LogP contribution is 2.29. The van der Waals surface area contributed by atoms with Crippen LogP contribution in [0.3, 0.4) is 0 Å². The van der Waals surface area contributed by atoms with Crippen molar-refractivity contribution in [3.63, 3.8) is 0 Å². The molecule has 140 valence electrons. The van der Waals surface area contributed by atoms with Crippen LogP contribution >= 0.6 is 0 Å². The molecule has 8 heteroatoms. The molecule has 25 heavy (non-hydrogen) atoms. The van der Waals surface area contributed by atoms with Crippen LogP contribution in [0.4, 0.5) is 13.2 Å². The molecule has 2 aliphatic rings. The lowest BCUT2D eigenvalue weighted by atomic mass is 9.94. The first kappa shape index (κ1) is 18.2. The van der Waals surface area contributed by atoms with Gasteiger partial charge in [-0.25, -0.2) is 0 Å². The molecule has 0 radical (unpaired) electrons. The number of hydrogen-bond acceptors (Lipinski definition) is 3. The number of ether oxygens (including phenoxy) is 1. The Morgan fingerprint density at radius 1 is 1.24 bits per heavy atom. The number of aryl methyl sites for hydroxylation is 1. The molecule has 1 heterocycles. The van der Waals surface area contributed by atoms with Crippen LogP contribution in [-0.4, -0.2) is 34.6 Å². The molecule has 0 aliphatic heterocycles. The standard InChI is InChI=1S/C17H24F3N3O2/c18-17(19,20)11-23-9-12-5-4-8-14(16(12)22-23)21-15(24)10-25-13-6-2-1-3-7-13/h9,13-14H,1-8,10-11H2,(H,21,24)/t14-/m0/s1. The Kier molecular flexibility index (Phi) is 5.66. The van der Waals surface area contributed by atoms with E-state index in [1.807, 2.05) is 0 Å². The van der Waals surface area contributed by atoms with Gasteiger partial charge in [0.15, 0.2) is 0 Å². The number of nitrogens with zero attached hydrogens (tertiary/aromatic N) is 2. The molecule has 1 aromatic rings. The third-order valence-electron chi connectivity index (χ3n) is 4.82. The quantitative estimate of drug-likeness (QED) is 0.878. The Hall–Kier alpha value is -1.57. The molecule has 1 fully saturated rings. The third kappa shape index (κ3) is 5.20. The highest BCUT2D eigenvalue weighted by Gasteiger charge is 2.31. The van der Waals surface area contributed by atoms with Gasteiger partial charge in [-0.2, -0.15) is 18.3 Å². The van der Waals surface area contributed by atoms with E-state index in [1.165, 1.54) is 12.6 Å². The van der Waals surface area contributed by atoms with Gasteiger partial charge in [-0.3, -0.25) is 9.48 Å². The fourth-order valence-corrected chi connectivity index (χ4v) is 3.66. The number of alkyl halides is 3. The smallest absolute Gasteiger partial charge is 0.368 e. The van der Waals surface area contributed by atoms with Crippen molar-refractivity contribution >= 4 is 5.91 Å². The van der Waals surface area contributed by atoms with Crippen molar-refractivity contribution in [1.82, 2.24) is 15.1 Å². The van der Waals surface area contributed by atoms with E-state index in [4.69, 9.17) is 4.74 Å². The van der Waals surface area contributed by atoms with Gasteiger partial charge in [0.25, 0.3) is 0 Å². The van der Waals surface area contributed by atoms with Crippen LogP contribution in [-0.2, 0) is 22.5 Å². The fourth-order valence-electron chi connectivity index (χ4n) is 3.66. The van der Waals surface area contributed by atoms with Crippen molar-refractivity contribution in [3.8, 4) is 0 Å².